The van der Waals surface area contributed by atoms with Gasteiger partial charge in [-0.3, -0.25) is 4.79 Å². The number of carbonyl (C=O) groups is 1. The number of anilines is 1. The van der Waals surface area contributed by atoms with Gasteiger partial charge in [0.2, 0.25) is 0 Å². The number of hydrogen-bond acceptors (Lipinski definition) is 5. The first-order valence-electron chi connectivity index (χ1n) is 7.97. The monoisotopic (exact) mass is 364 g/mol. The van der Waals surface area contributed by atoms with Crippen molar-refractivity contribution in [1.29, 1.82) is 0 Å². The molecule has 8 heteroatoms. The highest BCUT2D eigenvalue weighted by Crippen LogP contribution is 2.24. The summed E-state index contributed by atoms with van der Waals surface area (Å²) in [6.45, 7) is 1.79. The minimum absolute atomic E-state index is 0.0959. The van der Waals surface area contributed by atoms with E-state index < -0.39 is 5.91 Å². The van der Waals surface area contributed by atoms with Gasteiger partial charge in [0, 0.05) is 13.1 Å². The van der Waals surface area contributed by atoms with Crippen LogP contribution < -0.4 is 10.6 Å². The number of halogens is 2. The molecule has 0 aliphatic carbocycles. The predicted octanol–water partition coefficient (Wildman–Crippen LogP) is 2.55. The molecule has 6 nitrogen and oxygen atoms in total. The van der Waals surface area contributed by atoms with Gasteiger partial charge in [0.1, 0.15) is 5.82 Å². The highest BCUT2D eigenvalue weighted by Gasteiger charge is 2.24. The van der Waals surface area contributed by atoms with Crippen LogP contribution in [0.15, 0.2) is 30.3 Å². The Morgan fingerprint density at radius 2 is 1.96 bits per heavy atom. The Bertz CT molecular complexity index is 749. The molecule has 132 valence electrons. The van der Waals surface area contributed by atoms with Crippen LogP contribution in [0.1, 0.15) is 28.8 Å². The van der Waals surface area contributed by atoms with Crippen molar-refractivity contribution in [1.82, 2.24) is 10.2 Å². The average Bonchev–Trinajstić information content (AvgIpc) is 2.62. The zero-order valence-corrected chi connectivity index (χ0v) is 14.2. The third-order valence-corrected chi connectivity index (χ3v) is 4.34. The number of carbonyl (C=O) groups excluding carboxylic acids is 1. The van der Waals surface area contributed by atoms with Gasteiger partial charge in [-0.2, -0.15) is 0 Å². The van der Waals surface area contributed by atoms with E-state index >= 15 is 0 Å². The predicted molar refractivity (Wildman–Crippen MR) is 92.0 cm³/mol. The number of rotatable bonds is 5. The number of ether oxygens (including phenoxy) is 1. The van der Waals surface area contributed by atoms with Gasteiger partial charge in [-0.15, -0.1) is 10.2 Å². The summed E-state index contributed by atoms with van der Waals surface area (Å²) >= 11 is 5.79. The van der Waals surface area contributed by atoms with Crippen molar-refractivity contribution in [3.63, 3.8) is 0 Å². The van der Waals surface area contributed by atoms with Crippen LogP contribution in [0.3, 0.4) is 0 Å². The molecule has 0 spiro atoms. The SMILES string of the molecule is NC(=O)c1cc(Cl)nnc1N1CCC(OCc2ccc(F)cc2)CC1. The quantitative estimate of drug-likeness (QED) is 0.881. The topological polar surface area (TPSA) is 81.3 Å². The van der Waals surface area contributed by atoms with E-state index in [2.05, 4.69) is 10.2 Å². The van der Waals surface area contributed by atoms with Crippen molar-refractivity contribution in [2.24, 2.45) is 5.73 Å². The number of nitrogens with zero attached hydrogens (tertiary/aromatic N) is 3. The molecule has 2 N–H and O–H groups in total. The first-order valence-corrected chi connectivity index (χ1v) is 8.35. The summed E-state index contributed by atoms with van der Waals surface area (Å²) in [5, 5.41) is 7.95. The lowest BCUT2D eigenvalue weighted by molar-refractivity contribution is 0.0250. The highest BCUT2D eigenvalue weighted by atomic mass is 35.5. The summed E-state index contributed by atoms with van der Waals surface area (Å²) in [5.74, 6) is -0.387. The third kappa shape index (κ3) is 4.43. The average molecular weight is 365 g/mol. The van der Waals surface area contributed by atoms with Crippen molar-refractivity contribution in [3.05, 3.63) is 52.4 Å². The van der Waals surface area contributed by atoms with Crippen molar-refractivity contribution in [2.45, 2.75) is 25.6 Å². The Morgan fingerprint density at radius 1 is 1.28 bits per heavy atom. The molecule has 1 aliphatic rings. The van der Waals surface area contributed by atoms with Crippen molar-refractivity contribution in [3.8, 4) is 0 Å². The second kappa shape index (κ2) is 7.76. The van der Waals surface area contributed by atoms with Crippen molar-refractivity contribution < 1.29 is 13.9 Å². The smallest absolute Gasteiger partial charge is 0.252 e. The second-order valence-electron chi connectivity index (χ2n) is 5.89. The largest absolute Gasteiger partial charge is 0.373 e. The van der Waals surface area contributed by atoms with Crippen molar-refractivity contribution in [2.75, 3.05) is 18.0 Å². The van der Waals surface area contributed by atoms with Crippen LogP contribution in [0.25, 0.3) is 0 Å². The van der Waals surface area contributed by atoms with Gasteiger partial charge in [0.05, 0.1) is 18.3 Å². The number of amides is 1. The van der Waals surface area contributed by atoms with Gasteiger partial charge in [0.15, 0.2) is 11.0 Å². The van der Waals surface area contributed by atoms with Crippen LogP contribution in [0.2, 0.25) is 5.15 Å². The molecule has 1 aromatic carbocycles. The van der Waals surface area contributed by atoms with Crippen molar-refractivity contribution >= 4 is 23.3 Å². The molecule has 25 heavy (non-hydrogen) atoms. The molecule has 1 aliphatic heterocycles. The minimum Gasteiger partial charge on any atom is -0.373 e. The first-order chi connectivity index (χ1) is 12.0. The van der Waals surface area contributed by atoms with Gasteiger partial charge in [-0.25, -0.2) is 4.39 Å². The molecule has 0 radical (unpaired) electrons. The van der Waals surface area contributed by atoms with E-state index in [1.807, 2.05) is 4.90 Å². The number of piperidine rings is 1. The Balaban J connectivity index is 1.57. The molecule has 1 aromatic heterocycles. The summed E-state index contributed by atoms with van der Waals surface area (Å²) in [6.07, 6.45) is 1.66. The van der Waals surface area contributed by atoms with Gasteiger partial charge < -0.3 is 15.4 Å². The first kappa shape index (κ1) is 17.6. The third-order valence-electron chi connectivity index (χ3n) is 4.15. The van der Waals surface area contributed by atoms with Crippen LogP contribution >= 0.6 is 11.6 Å². The summed E-state index contributed by atoms with van der Waals surface area (Å²) in [4.78, 5) is 13.5. The van der Waals surface area contributed by atoms with Crippen LogP contribution in [0, 0.1) is 5.82 Å². The van der Waals surface area contributed by atoms with Gasteiger partial charge in [-0.1, -0.05) is 23.7 Å². The summed E-state index contributed by atoms with van der Waals surface area (Å²) < 4.78 is 18.8. The Hall–Kier alpha value is -2.25. The van der Waals surface area contributed by atoms with Crippen LogP contribution in [-0.4, -0.2) is 35.3 Å². The number of hydrogen-bond donors (Lipinski definition) is 1. The van der Waals surface area contributed by atoms with E-state index in [-0.39, 0.29) is 22.6 Å². The fourth-order valence-electron chi connectivity index (χ4n) is 2.81. The normalized spacial score (nSPS) is 15.4. The lowest BCUT2D eigenvalue weighted by Gasteiger charge is -2.33. The number of primary amides is 1. The van der Waals surface area contributed by atoms with Crippen LogP contribution in [-0.2, 0) is 11.3 Å². The molecule has 1 amide bonds. The zero-order chi connectivity index (χ0) is 17.8. The molecule has 0 bridgehead atoms. The maximum absolute atomic E-state index is 12.9. The van der Waals surface area contributed by atoms with Crippen LogP contribution in [0.4, 0.5) is 10.2 Å². The molecule has 0 saturated carbocycles. The van der Waals surface area contributed by atoms with Gasteiger partial charge in [-0.05, 0) is 36.6 Å². The zero-order valence-electron chi connectivity index (χ0n) is 13.5. The number of benzene rings is 1. The molecular formula is C17H18ClFN4O2. The minimum atomic E-state index is -0.582. The van der Waals surface area contributed by atoms with E-state index in [4.69, 9.17) is 22.1 Å². The molecule has 2 aromatic rings. The molecular weight excluding hydrogens is 347 g/mol. The fraction of sp³-hybridized carbons (Fsp3) is 0.353. The van der Waals surface area contributed by atoms with E-state index in [1.165, 1.54) is 18.2 Å². The standard InChI is InChI=1S/C17H18ClFN4O2/c18-15-9-14(16(20)24)17(22-21-15)23-7-5-13(6-8-23)25-10-11-1-3-12(19)4-2-11/h1-4,9,13H,5-8,10H2,(H2,20,24). The molecule has 1 fully saturated rings. The Morgan fingerprint density at radius 3 is 2.60 bits per heavy atom. The molecule has 0 atom stereocenters. The van der Waals surface area contributed by atoms with Crippen LogP contribution in [0.5, 0.6) is 0 Å². The molecule has 0 unspecified atom stereocenters. The van der Waals surface area contributed by atoms with E-state index in [0.29, 0.717) is 25.5 Å². The van der Waals surface area contributed by atoms with E-state index in [1.54, 1.807) is 12.1 Å². The molecule has 3 rings (SSSR count). The number of nitrogens with two attached hydrogens (primary N) is 1. The molecule has 1 saturated heterocycles. The maximum Gasteiger partial charge on any atom is 0.252 e. The maximum atomic E-state index is 12.9. The second-order valence-corrected chi connectivity index (χ2v) is 6.28. The summed E-state index contributed by atoms with van der Waals surface area (Å²) in [5.41, 5.74) is 6.60. The van der Waals surface area contributed by atoms with Gasteiger partial charge >= 0.3 is 0 Å². The molecule has 2 heterocycles. The highest BCUT2D eigenvalue weighted by molar-refractivity contribution is 6.29. The summed E-state index contributed by atoms with van der Waals surface area (Å²) in [7, 11) is 0. The lowest BCUT2D eigenvalue weighted by Crippen LogP contribution is -2.38. The van der Waals surface area contributed by atoms with E-state index in [0.717, 1.165) is 18.4 Å². The number of aromatic nitrogens is 2. The Labute approximate surface area is 149 Å². The Kier molecular flexibility index (Phi) is 5.45. The van der Waals surface area contributed by atoms with Gasteiger partial charge in [0.25, 0.3) is 5.91 Å². The van der Waals surface area contributed by atoms with E-state index in [9.17, 15) is 9.18 Å². The lowest BCUT2D eigenvalue weighted by atomic mass is 10.1. The fourth-order valence-corrected chi connectivity index (χ4v) is 2.95. The summed E-state index contributed by atoms with van der Waals surface area (Å²) in [6, 6.07) is 7.71.